The molecule has 0 aromatic carbocycles. The number of hydrogen-bond donors (Lipinski definition) is 2. The van der Waals surface area contributed by atoms with Gasteiger partial charge in [0.05, 0.1) is 0 Å². The summed E-state index contributed by atoms with van der Waals surface area (Å²) in [6, 6.07) is 0.357. The Kier molecular flexibility index (Phi) is 6.64. The van der Waals surface area contributed by atoms with Gasteiger partial charge in [0.1, 0.15) is 0 Å². The number of carbonyl (C=O) groups excluding carboxylic acids is 1. The summed E-state index contributed by atoms with van der Waals surface area (Å²) in [5, 5.41) is 6.33. The zero-order valence-corrected chi connectivity index (χ0v) is 11.3. The summed E-state index contributed by atoms with van der Waals surface area (Å²) in [6.07, 6.45) is 0.601. The molecule has 1 atom stereocenters. The van der Waals surface area contributed by atoms with Crippen LogP contribution in [0.2, 0.25) is 0 Å². The van der Waals surface area contributed by atoms with Crippen molar-refractivity contribution in [3.63, 3.8) is 0 Å². The molecule has 0 aliphatic carbocycles. The summed E-state index contributed by atoms with van der Waals surface area (Å²) >= 11 is 1.92. The van der Waals surface area contributed by atoms with E-state index in [4.69, 9.17) is 0 Å². The number of thioether (sulfide) groups is 1. The van der Waals surface area contributed by atoms with Crippen LogP contribution in [0.25, 0.3) is 0 Å². The Balaban J connectivity index is 0.00000196. The lowest BCUT2D eigenvalue weighted by molar-refractivity contribution is -0.122. The van der Waals surface area contributed by atoms with Gasteiger partial charge in [-0.3, -0.25) is 4.79 Å². The van der Waals surface area contributed by atoms with E-state index < -0.39 is 0 Å². The molecule has 1 aliphatic rings. The van der Waals surface area contributed by atoms with E-state index in [1.165, 1.54) is 0 Å². The third-order valence-corrected chi connectivity index (χ3v) is 3.08. The van der Waals surface area contributed by atoms with E-state index >= 15 is 0 Å². The number of rotatable bonds is 2. The normalized spacial score (nSPS) is 21.7. The first kappa shape index (κ1) is 15.1. The largest absolute Gasteiger partial charge is 0.351 e. The Hall–Kier alpha value is 0.0700. The van der Waals surface area contributed by atoms with Crippen LogP contribution in [0.3, 0.4) is 0 Å². The molecule has 0 aromatic rings. The summed E-state index contributed by atoms with van der Waals surface area (Å²) in [6.45, 7) is 7.05. The molecule has 0 spiro atoms. The molecule has 15 heavy (non-hydrogen) atoms. The first-order valence-electron chi connectivity index (χ1n) is 5.09. The van der Waals surface area contributed by atoms with Gasteiger partial charge in [-0.2, -0.15) is 11.8 Å². The molecular formula is C10H21ClN2OS. The van der Waals surface area contributed by atoms with Crippen molar-refractivity contribution in [1.82, 2.24) is 10.6 Å². The van der Waals surface area contributed by atoms with Crippen molar-refractivity contribution in [2.45, 2.75) is 38.8 Å². The van der Waals surface area contributed by atoms with E-state index in [0.29, 0.717) is 12.5 Å². The zero-order chi connectivity index (χ0) is 10.6. The van der Waals surface area contributed by atoms with Crippen LogP contribution in [0, 0.1) is 0 Å². The van der Waals surface area contributed by atoms with Crippen molar-refractivity contribution in [1.29, 1.82) is 0 Å². The quantitative estimate of drug-likeness (QED) is 0.781. The van der Waals surface area contributed by atoms with E-state index in [1.807, 2.05) is 32.5 Å². The number of nitrogens with one attached hydrogen (secondary N) is 2. The molecule has 1 saturated heterocycles. The second kappa shape index (κ2) is 6.61. The Morgan fingerprint density at radius 1 is 1.53 bits per heavy atom. The molecule has 1 fully saturated rings. The van der Waals surface area contributed by atoms with E-state index in [-0.39, 0.29) is 23.9 Å². The molecule has 0 bridgehead atoms. The van der Waals surface area contributed by atoms with Gasteiger partial charge < -0.3 is 10.6 Å². The topological polar surface area (TPSA) is 41.1 Å². The van der Waals surface area contributed by atoms with Gasteiger partial charge in [-0.15, -0.1) is 12.4 Å². The third-order valence-electron chi connectivity index (χ3n) is 1.94. The molecule has 1 unspecified atom stereocenters. The lowest BCUT2D eigenvalue weighted by Crippen LogP contribution is -2.46. The van der Waals surface area contributed by atoms with Crippen molar-refractivity contribution in [3.05, 3.63) is 0 Å². The summed E-state index contributed by atoms with van der Waals surface area (Å²) < 4.78 is 0. The molecule has 0 aromatic heterocycles. The van der Waals surface area contributed by atoms with Crippen LogP contribution in [0.15, 0.2) is 0 Å². The molecule has 0 radical (unpaired) electrons. The molecule has 1 heterocycles. The molecule has 1 rings (SSSR count). The average Bonchev–Trinajstić information content (AvgIpc) is 2.02. The Morgan fingerprint density at radius 2 is 2.20 bits per heavy atom. The van der Waals surface area contributed by atoms with Gasteiger partial charge in [0.25, 0.3) is 0 Å². The minimum Gasteiger partial charge on any atom is -0.351 e. The molecular weight excluding hydrogens is 232 g/mol. The fourth-order valence-electron chi connectivity index (χ4n) is 1.44. The van der Waals surface area contributed by atoms with Gasteiger partial charge in [0.15, 0.2) is 0 Å². The highest BCUT2D eigenvalue weighted by molar-refractivity contribution is 7.99. The van der Waals surface area contributed by atoms with Crippen molar-refractivity contribution < 1.29 is 4.79 Å². The van der Waals surface area contributed by atoms with Gasteiger partial charge in [-0.1, -0.05) is 0 Å². The first-order chi connectivity index (χ1) is 6.47. The average molecular weight is 253 g/mol. The summed E-state index contributed by atoms with van der Waals surface area (Å²) in [4.78, 5) is 11.6. The maximum atomic E-state index is 11.6. The lowest BCUT2D eigenvalue weighted by Gasteiger charge is -2.25. The Labute approximate surface area is 103 Å². The Morgan fingerprint density at radius 3 is 2.67 bits per heavy atom. The molecule has 90 valence electrons. The smallest absolute Gasteiger partial charge is 0.221 e. The molecule has 3 nitrogen and oxygen atoms in total. The predicted octanol–water partition coefficient (Wildman–Crippen LogP) is 1.42. The van der Waals surface area contributed by atoms with Crippen LogP contribution >= 0.6 is 24.2 Å². The number of halogens is 1. The highest BCUT2D eigenvalue weighted by atomic mass is 35.5. The van der Waals surface area contributed by atoms with Crippen molar-refractivity contribution in [2.24, 2.45) is 0 Å². The Bertz CT molecular complexity index is 200. The monoisotopic (exact) mass is 252 g/mol. The van der Waals surface area contributed by atoms with Gasteiger partial charge in [0, 0.05) is 36.1 Å². The van der Waals surface area contributed by atoms with Crippen LogP contribution in [0.1, 0.15) is 27.2 Å². The fourth-order valence-corrected chi connectivity index (χ4v) is 2.39. The van der Waals surface area contributed by atoms with Gasteiger partial charge in [0.2, 0.25) is 5.91 Å². The van der Waals surface area contributed by atoms with Crippen LogP contribution < -0.4 is 10.6 Å². The molecule has 5 heteroatoms. The highest BCUT2D eigenvalue weighted by Gasteiger charge is 2.19. The van der Waals surface area contributed by atoms with Crippen LogP contribution in [-0.2, 0) is 4.79 Å². The summed E-state index contributed by atoms with van der Waals surface area (Å²) in [5.41, 5.74) is -0.112. The molecule has 2 N–H and O–H groups in total. The fraction of sp³-hybridized carbons (Fsp3) is 0.900. The maximum Gasteiger partial charge on any atom is 0.221 e. The minimum absolute atomic E-state index is 0. The minimum atomic E-state index is -0.112. The van der Waals surface area contributed by atoms with E-state index in [2.05, 4.69) is 10.6 Å². The summed E-state index contributed by atoms with van der Waals surface area (Å²) in [7, 11) is 0. The van der Waals surface area contributed by atoms with E-state index in [1.54, 1.807) is 0 Å². The van der Waals surface area contributed by atoms with Crippen LogP contribution in [0.5, 0.6) is 0 Å². The number of carbonyl (C=O) groups is 1. The van der Waals surface area contributed by atoms with Crippen molar-refractivity contribution >= 4 is 30.1 Å². The van der Waals surface area contributed by atoms with Crippen molar-refractivity contribution in [3.8, 4) is 0 Å². The molecule has 1 aliphatic heterocycles. The highest BCUT2D eigenvalue weighted by Crippen LogP contribution is 2.10. The van der Waals surface area contributed by atoms with Gasteiger partial charge in [-0.25, -0.2) is 0 Å². The maximum absolute atomic E-state index is 11.6. The second-order valence-electron chi connectivity index (χ2n) is 4.73. The number of hydrogen-bond acceptors (Lipinski definition) is 3. The SMILES string of the molecule is CC(C)(C)NC(=O)CC1CSCCN1.Cl. The van der Waals surface area contributed by atoms with E-state index in [0.717, 1.165) is 18.1 Å². The zero-order valence-electron chi connectivity index (χ0n) is 9.63. The van der Waals surface area contributed by atoms with Gasteiger partial charge in [-0.05, 0) is 20.8 Å². The van der Waals surface area contributed by atoms with Crippen LogP contribution in [-0.4, -0.2) is 35.5 Å². The molecule has 0 saturated carbocycles. The molecule has 1 amide bonds. The predicted molar refractivity (Wildman–Crippen MR) is 68.9 cm³/mol. The van der Waals surface area contributed by atoms with Crippen LogP contribution in [0.4, 0.5) is 0 Å². The summed E-state index contributed by atoms with van der Waals surface area (Å²) in [5.74, 6) is 2.37. The lowest BCUT2D eigenvalue weighted by atomic mass is 10.1. The standard InChI is InChI=1S/C10H20N2OS.ClH/c1-10(2,3)12-9(13)6-8-7-14-5-4-11-8;/h8,11H,4-7H2,1-3H3,(H,12,13);1H. The van der Waals surface area contributed by atoms with Gasteiger partial charge >= 0.3 is 0 Å². The van der Waals surface area contributed by atoms with Crippen molar-refractivity contribution in [2.75, 3.05) is 18.1 Å². The second-order valence-corrected chi connectivity index (χ2v) is 5.88. The number of amides is 1. The third kappa shape index (κ3) is 7.03. The van der Waals surface area contributed by atoms with E-state index in [9.17, 15) is 4.79 Å². The first-order valence-corrected chi connectivity index (χ1v) is 6.25.